The van der Waals surface area contributed by atoms with Crippen molar-refractivity contribution in [2.75, 3.05) is 25.0 Å². The van der Waals surface area contributed by atoms with Crippen molar-refractivity contribution in [3.63, 3.8) is 0 Å². The van der Waals surface area contributed by atoms with Gasteiger partial charge in [-0.2, -0.15) is 20.0 Å². The SMILES string of the molecule is CCOC(=O)c1nc(C)n(-c2nc(NCCNC(=O)N3N=CC[C@H]3c3cc(F)cc(C#N)c3)ncc2F)n1. The Balaban J connectivity index is 1.36. The number of aryl methyl sites for hydroxylation is 1. The van der Waals surface area contributed by atoms with Gasteiger partial charge in [0.05, 0.1) is 30.5 Å². The van der Waals surface area contributed by atoms with Crippen molar-refractivity contribution >= 4 is 24.2 Å². The Hall–Kier alpha value is -5.00. The molecule has 1 aromatic carbocycles. The molecule has 4 rings (SSSR count). The minimum Gasteiger partial charge on any atom is -0.460 e. The van der Waals surface area contributed by atoms with E-state index in [0.717, 1.165) is 16.9 Å². The normalized spacial score (nSPS) is 14.3. The summed E-state index contributed by atoms with van der Waals surface area (Å²) in [6.45, 7) is 3.59. The maximum atomic E-state index is 14.4. The van der Waals surface area contributed by atoms with E-state index < -0.39 is 29.7 Å². The van der Waals surface area contributed by atoms with Crippen LogP contribution < -0.4 is 10.6 Å². The van der Waals surface area contributed by atoms with Crippen molar-refractivity contribution in [3.05, 3.63) is 58.8 Å². The minimum atomic E-state index is -0.790. The van der Waals surface area contributed by atoms with E-state index in [2.05, 4.69) is 35.8 Å². The predicted octanol–water partition coefficient (Wildman–Crippen LogP) is 2.25. The third-order valence-corrected chi connectivity index (χ3v) is 5.31. The summed E-state index contributed by atoms with van der Waals surface area (Å²) in [5.74, 6) is -2.31. The van der Waals surface area contributed by atoms with E-state index in [0.29, 0.717) is 12.0 Å². The number of anilines is 1. The second-order valence-electron chi connectivity index (χ2n) is 7.92. The van der Waals surface area contributed by atoms with Crippen LogP contribution in [0.3, 0.4) is 0 Å². The Morgan fingerprint density at radius 1 is 1.24 bits per heavy atom. The molecule has 3 heterocycles. The number of hydrogen-bond acceptors (Lipinski definition) is 10. The van der Waals surface area contributed by atoms with E-state index in [1.807, 2.05) is 6.07 Å². The summed E-state index contributed by atoms with van der Waals surface area (Å²) in [4.78, 5) is 36.5. The minimum absolute atomic E-state index is 0.0455. The molecule has 0 unspecified atom stereocenters. The van der Waals surface area contributed by atoms with Crippen LogP contribution in [-0.4, -0.2) is 67.7 Å². The molecule has 0 aliphatic carbocycles. The number of nitrogens with zero attached hydrogens (tertiary/aromatic N) is 8. The number of halogens is 2. The molecular formula is C23H22F2N10O3. The highest BCUT2D eigenvalue weighted by molar-refractivity contribution is 5.85. The number of benzene rings is 1. The second kappa shape index (κ2) is 11.4. The lowest BCUT2D eigenvalue weighted by molar-refractivity contribution is 0.0512. The maximum absolute atomic E-state index is 14.4. The molecule has 1 aliphatic heterocycles. The van der Waals surface area contributed by atoms with Gasteiger partial charge in [0.15, 0.2) is 11.6 Å². The number of nitrogens with one attached hydrogen (secondary N) is 2. The third kappa shape index (κ3) is 5.69. The molecule has 0 saturated heterocycles. The molecule has 0 saturated carbocycles. The quantitative estimate of drug-likeness (QED) is 0.332. The molecule has 0 spiro atoms. The molecule has 2 aromatic heterocycles. The fourth-order valence-corrected chi connectivity index (χ4v) is 3.65. The van der Waals surface area contributed by atoms with Crippen LogP contribution in [0.5, 0.6) is 0 Å². The van der Waals surface area contributed by atoms with Gasteiger partial charge in [0, 0.05) is 25.7 Å². The highest BCUT2D eigenvalue weighted by atomic mass is 19.1. The van der Waals surface area contributed by atoms with Crippen molar-refractivity contribution < 1.29 is 23.1 Å². The summed E-state index contributed by atoms with van der Waals surface area (Å²) >= 11 is 0. The first-order valence-electron chi connectivity index (χ1n) is 11.5. The van der Waals surface area contributed by atoms with Crippen LogP contribution in [0.1, 0.15) is 47.0 Å². The van der Waals surface area contributed by atoms with Crippen LogP contribution in [-0.2, 0) is 4.74 Å². The zero-order valence-electron chi connectivity index (χ0n) is 20.4. The molecular weight excluding hydrogens is 502 g/mol. The Kier molecular flexibility index (Phi) is 7.80. The molecule has 2 amide bonds. The number of carbonyl (C=O) groups is 2. The van der Waals surface area contributed by atoms with Gasteiger partial charge >= 0.3 is 12.0 Å². The molecule has 196 valence electrons. The van der Waals surface area contributed by atoms with Crippen LogP contribution in [0.15, 0.2) is 29.5 Å². The standard InChI is InChI=1S/C23H22F2N10O3/c1-3-38-21(36)19-31-13(2)34(33-19)20-17(25)12-29-22(32-20)27-6-7-28-23(37)35-18(4-5-30-35)15-8-14(11-26)9-16(24)10-15/h5,8-10,12,18H,3-4,6-7H2,1-2H3,(H,28,37)(H,27,29,32)/t18-/m0/s1. The van der Waals surface area contributed by atoms with Crippen molar-refractivity contribution in [2.24, 2.45) is 5.10 Å². The third-order valence-electron chi connectivity index (χ3n) is 5.31. The van der Waals surface area contributed by atoms with Gasteiger partial charge in [-0.25, -0.2) is 33.3 Å². The number of aromatic nitrogens is 5. The molecule has 0 radical (unpaired) electrons. The van der Waals surface area contributed by atoms with Gasteiger partial charge in [-0.15, -0.1) is 5.10 Å². The van der Waals surface area contributed by atoms with Crippen LogP contribution in [0.4, 0.5) is 19.5 Å². The Morgan fingerprint density at radius 3 is 2.82 bits per heavy atom. The van der Waals surface area contributed by atoms with E-state index in [4.69, 9.17) is 10.00 Å². The van der Waals surface area contributed by atoms with Gasteiger partial charge in [-0.1, -0.05) is 0 Å². The molecule has 1 atom stereocenters. The van der Waals surface area contributed by atoms with Crippen LogP contribution in [0.25, 0.3) is 5.82 Å². The smallest absolute Gasteiger partial charge is 0.378 e. The number of amides is 2. The zero-order chi connectivity index (χ0) is 27.2. The van der Waals surface area contributed by atoms with Gasteiger partial charge in [0.2, 0.25) is 5.95 Å². The second-order valence-corrected chi connectivity index (χ2v) is 7.92. The van der Waals surface area contributed by atoms with Gasteiger partial charge in [0.25, 0.3) is 5.82 Å². The number of carbonyl (C=O) groups excluding carboxylic acids is 2. The number of ether oxygens (including phenoxy) is 1. The van der Waals surface area contributed by atoms with Crippen LogP contribution >= 0.6 is 0 Å². The van der Waals surface area contributed by atoms with Crippen molar-refractivity contribution in [1.82, 2.24) is 35.1 Å². The predicted molar refractivity (Wildman–Crippen MR) is 128 cm³/mol. The van der Waals surface area contributed by atoms with E-state index in [9.17, 15) is 18.4 Å². The van der Waals surface area contributed by atoms with Gasteiger partial charge in [0.1, 0.15) is 11.6 Å². The average molecular weight is 524 g/mol. The van der Waals surface area contributed by atoms with Crippen molar-refractivity contribution in [1.29, 1.82) is 5.26 Å². The van der Waals surface area contributed by atoms with Crippen LogP contribution in [0.2, 0.25) is 0 Å². The van der Waals surface area contributed by atoms with E-state index in [1.54, 1.807) is 6.92 Å². The summed E-state index contributed by atoms with van der Waals surface area (Å²) in [6.07, 6.45) is 2.84. The lowest BCUT2D eigenvalue weighted by atomic mass is 10.0. The average Bonchev–Trinajstić information content (AvgIpc) is 3.54. The summed E-state index contributed by atoms with van der Waals surface area (Å²) in [7, 11) is 0. The van der Waals surface area contributed by atoms with Gasteiger partial charge in [-0.05, 0) is 37.6 Å². The monoisotopic (exact) mass is 524 g/mol. The van der Waals surface area contributed by atoms with Gasteiger partial charge in [-0.3, -0.25) is 0 Å². The van der Waals surface area contributed by atoms with E-state index >= 15 is 0 Å². The molecule has 38 heavy (non-hydrogen) atoms. The van der Waals surface area contributed by atoms with Crippen molar-refractivity contribution in [2.45, 2.75) is 26.3 Å². The number of hydrogen-bond donors (Lipinski definition) is 2. The van der Waals surface area contributed by atoms with Crippen LogP contribution in [0, 0.1) is 29.9 Å². The molecule has 2 N–H and O–H groups in total. The number of nitriles is 1. The topological polar surface area (TPSA) is 163 Å². The van der Waals surface area contributed by atoms with E-state index in [1.165, 1.54) is 30.3 Å². The molecule has 15 heteroatoms. The molecule has 0 fully saturated rings. The summed E-state index contributed by atoms with van der Waals surface area (Å²) in [5.41, 5.74) is 0.599. The van der Waals surface area contributed by atoms with Gasteiger partial charge < -0.3 is 15.4 Å². The Morgan fingerprint density at radius 2 is 2.05 bits per heavy atom. The molecule has 1 aliphatic rings. The summed E-state index contributed by atoms with van der Waals surface area (Å²) in [5, 5.41) is 23.8. The summed E-state index contributed by atoms with van der Waals surface area (Å²) in [6, 6.07) is 4.70. The largest absolute Gasteiger partial charge is 0.460 e. The fraction of sp³-hybridized carbons (Fsp3) is 0.304. The number of esters is 1. The highest BCUT2D eigenvalue weighted by Crippen LogP contribution is 2.29. The lowest BCUT2D eigenvalue weighted by Crippen LogP contribution is -2.39. The van der Waals surface area contributed by atoms with Crippen molar-refractivity contribution in [3.8, 4) is 11.9 Å². The summed E-state index contributed by atoms with van der Waals surface area (Å²) < 4.78 is 34.2. The number of urea groups is 1. The Bertz CT molecular complexity index is 1440. The first-order valence-corrected chi connectivity index (χ1v) is 11.5. The molecule has 13 nitrogen and oxygen atoms in total. The lowest BCUT2D eigenvalue weighted by Gasteiger charge is -2.22. The Labute approximate surface area is 215 Å². The number of rotatable bonds is 8. The highest BCUT2D eigenvalue weighted by Gasteiger charge is 2.29. The number of hydrazone groups is 1. The molecule has 0 bridgehead atoms. The first-order chi connectivity index (χ1) is 18.3. The molecule has 3 aromatic rings. The fourth-order valence-electron chi connectivity index (χ4n) is 3.65. The van der Waals surface area contributed by atoms with E-state index in [-0.39, 0.29) is 48.7 Å². The zero-order valence-corrected chi connectivity index (χ0v) is 20.4. The first kappa shape index (κ1) is 26.1. The maximum Gasteiger partial charge on any atom is 0.378 e.